The van der Waals surface area contributed by atoms with E-state index in [-0.39, 0.29) is 35.4 Å². The van der Waals surface area contributed by atoms with Crippen LogP contribution in [0.15, 0.2) is 47.4 Å². The first-order valence-electron chi connectivity index (χ1n) is 15.4. The van der Waals surface area contributed by atoms with Gasteiger partial charge in [0.05, 0.1) is 24.7 Å². The quantitative estimate of drug-likeness (QED) is 0.290. The molecule has 14 heteroatoms. The Kier molecular flexibility index (Phi) is 8.61. The number of halogens is 5. The normalized spacial score (nSPS) is 17.7. The van der Waals surface area contributed by atoms with E-state index in [0.717, 1.165) is 49.6 Å². The Morgan fingerprint density at radius 3 is 2.38 bits per heavy atom. The van der Waals surface area contributed by atoms with Crippen molar-refractivity contribution in [3.8, 4) is 17.2 Å². The fraction of sp³-hybridized carbons (Fsp3) is 0.424. The van der Waals surface area contributed by atoms with E-state index in [1.165, 1.54) is 30.3 Å². The highest BCUT2D eigenvalue weighted by atomic mass is 19.4. The van der Waals surface area contributed by atoms with Crippen LogP contribution in [0.5, 0.6) is 0 Å². The molecule has 2 saturated carbocycles. The molecule has 0 unspecified atom stereocenters. The number of rotatable bonds is 9. The number of amides is 2. The lowest BCUT2D eigenvalue weighted by Gasteiger charge is -2.39. The first kappa shape index (κ1) is 32.3. The third-order valence-electron chi connectivity index (χ3n) is 8.59. The molecule has 0 bridgehead atoms. The molecule has 0 spiro atoms. The van der Waals surface area contributed by atoms with Crippen LogP contribution in [0.3, 0.4) is 0 Å². The number of pyridine rings is 2. The molecule has 3 aromatic rings. The average molecular weight is 655 g/mol. The van der Waals surface area contributed by atoms with Crippen LogP contribution < -0.4 is 16.2 Å². The van der Waals surface area contributed by atoms with E-state index in [0.29, 0.717) is 27.0 Å². The molecule has 47 heavy (non-hydrogen) atoms. The number of nitriles is 1. The second-order valence-electron chi connectivity index (χ2n) is 12.5. The van der Waals surface area contributed by atoms with Crippen LogP contribution in [0.1, 0.15) is 82.0 Å². The van der Waals surface area contributed by atoms with Crippen molar-refractivity contribution in [1.29, 1.82) is 5.26 Å². The highest BCUT2D eigenvalue weighted by molar-refractivity contribution is 6.05. The summed E-state index contributed by atoms with van der Waals surface area (Å²) < 4.78 is 67.8. The Bertz CT molecular complexity index is 1810. The molecule has 3 heterocycles. The number of nitrogens with one attached hydrogen (secondary N) is 2. The van der Waals surface area contributed by atoms with Crippen LogP contribution in [0.4, 0.5) is 27.8 Å². The van der Waals surface area contributed by atoms with Crippen molar-refractivity contribution in [3.05, 3.63) is 80.9 Å². The van der Waals surface area contributed by atoms with E-state index in [9.17, 15) is 41.6 Å². The Morgan fingerprint density at radius 2 is 1.74 bits per heavy atom. The summed E-state index contributed by atoms with van der Waals surface area (Å²) in [6, 6.07) is 10.9. The van der Waals surface area contributed by atoms with E-state index >= 15 is 0 Å². The topological polar surface area (TPSA) is 120 Å². The summed E-state index contributed by atoms with van der Waals surface area (Å²) in [5.74, 6) is -4.61. The van der Waals surface area contributed by atoms with Gasteiger partial charge < -0.3 is 20.1 Å². The van der Waals surface area contributed by atoms with Crippen molar-refractivity contribution in [3.63, 3.8) is 0 Å². The zero-order valence-electron chi connectivity index (χ0n) is 25.2. The largest absolute Gasteiger partial charge is 0.406 e. The van der Waals surface area contributed by atoms with Gasteiger partial charge in [0.25, 0.3) is 23.3 Å². The van der Waals surface area contributed by atoms with Gasteiger partial charge in [-0.25, -0.2) is 13.8 Å². The van der Waals surface area contributed by atoms with Gasteiger partial charge >= 0.3 is 6.18 Å². The van der Waals surface area contributed by atoms with Crippen molar-refractivity contribution in [2.75, 3.05) is 18.4 Å². The molecule has 2 N–H and O–H groups in total. The number of benzene rings is 1. The third kappa shape index (κ3) is 7.51. The van der Waals surface area contributed by atoms with Crippen LogP contribution in [-0.2, 0) is 13.1 Å². The lowest BCUT2D eigenvalue weighted by atomic mass is 9.95. The fourth-order valence-corrected chi connectivity index (χ4v) is 6.07. The third-order valence-corrected chi connectivity index (χ3v) is 8.59. The maximum atomic E-state index is 13.6. The average Bonchev–Trinajstić information content (AvgIpc) is 3.73. The zero-order chi connectivity index (χ0) is 33.5. The Balaban J connectivity index is 1.34. The van der Waals surface area contributed by atoms with Gasteiger partial charge in [-0.2, -0.15) is 18.4 Å². The molecule has 1 saturated heterocycles. The zero-order valence-corrected chi connectivity index (χ0v) is 25.2. The minimum atomic E-state index is -4.70. The first-order chi connectivity index (χ1) is 22.3. The molecule has 2 aromatic heterocycles. The molecule has 9 nitrogen and oxygen atoms in total. The molecular weight excluding hydrogens is 623 g/mol. The molecule has 0 radical (unpaired) electrons. The number of alkyl halides is 5. The number of carbonyl (C=O) groups excluding carboxylic acids is 2. The van der Waals surface area contributed by atoms with Crippen LogP contribution in [0.2, 0.25) is 0 Å². The number of hydrogen-bond acceptors (Lipinski definition) is 6. The molecule has 6 rings (SSSR count). The van der Waals surface area contributed by atoms with Gasteiger partial charge in [-0.1, -0.05) is 18.9 Å². The van der Waals surface area contributed by atoms with Crippen LogP contribution in [0, 0.1) is 11.3 Å². The standard InChI is InChI=1S/C33H31F5N6O3/c34-32(35)16-44(17-32)30(46)25-9-19(13-39)5-8-24(25)22-11-27(21-6-7-21)41-28(12-22)42-29(45)26-10-20(14-40-23-3-1-2-4-23)15-43(31(26)47)18-33(36,37)38/h5,8-12,15,21,23,40H,1-4,6-7,14,16-18H2,(H,41,42,45). The SMILES string of the molecule is N#Cc1ccc(-c2cc(NC(=O)c3cc(CNC4CCCC4)cn(CC(F)(F)F)c3=O)nc(C3CC3)c2)c(C(=O)N2CC(F)(F)C2)c1. The van der Waals surface area contributed by atoms with E-state index in [1.807, 2.05) is 6.07 Å². The highest BCUT2D eigenvalue weighted by Gasteiger charge is 2.46. The molecule has 3 aliphatic rings. The molecule has 0 atom stereocenters. The lowest BCUT2D eigenvalue weighted by Crippen LogP contribution is -2.58. The minimum absolute atomic E-state index is 0.0103. The summed E-state index contributed by atoms with van der Waals surface area (Å²) in [5, 5.41) is 15.3. The van der Waals surface area contributed by atoms with Gasteiger partial charge in [0.2, 0.25) is 0 Å². The van der Waals surface area contributed by atoms with Gasteiger partial charge in [0.15, 0.2) is 0 Å². The number of nitrogens with zero attached hydrogens (tertiary/aromatic N) is 4. The number of carbonyl (C=O) groups is 2. The minimum Gasteiger partial charge on any atom is -0.326 e. The van der Waals surface area contributed by atoms with E-state index in [2.05, 4.69) is 15.6 Å². The van der Waals surface area contributed by atoms with Crippen molar-refractivity contribution in [2.24, 2.45) is 0 Å². The summed E-state index contributed by atoms with van der Waals surface area (Å²) >= 11 is 0. The predicted molar refractivity (Wildman–Crippen MR) is 161 cm³/mol. The molecule has 1 aromatic carbocycles. The van der Waals surface area contributed by atoms with Crippen molar-refractivity contribution in [2.45, 2.75) is 75.7 Å². The predicted octanol–water partition coefficient (Wildman–Crippen LogP) is 5.60. The number of anilines is 1. The van der Waals surface area contributed by atoms with Crippen LogP contribution in [-0.4, -0.2) is 57.5 Å². The second-order valence-corrected chi connectivity index (χ2v) is 12.5. The maximum Gasteiger partial charge on any atom is 0.406 e. The summed E-state index contributed by atoms with van der Waals surface area (Å²) in [4.78, 5) is 45.4. The Hall–Kier alpha value is -4.64. The van der Waals surface area contributed by atoms with Crippen molar-refractivity contribution in [1.82, 2.24) is 19.8 Å². The fourth-order valence-electron chi connectivity index (χ4n) is 6.07. The molecule has 2 aliphatic carbocycles. The van der Waals surface area contributed by atoms with Gasteiger partial charge in [0, 0.05) is 36.0 Å². The second kappa shape index (κ2) is 12.5. The van der Waals surface area contributed by atoms with Gasteiger partial charge in [-0.05, 0) is 72.7 Å². The maximum absolute atomic E-state index is 13.6. The Labute approximate surface area is 266 Å². The Morgan fingerprint density at radius 1 is 1.02 bits per heavy atom. The highest BCUT2D eigenvalue weighted by Crippen LogP contribution is 2.41. The number of aromatic nitrogens is 2. The number of likely N-dealkylation sites (tertiary alicyclic amines) is 1. The molecule has 3 fully saturated rings. The lowest BCUT2D eigenvalue weighted by molar-refractivity contribution is -0.141. The molecular formula is C33H31F5N6O3. The number of hydrogen-bond donors (Lipinski definition) is 2. The van der Waals surface area contributed by atoms with Crippen molar-refractivity contribution >= 4 is 17.6 Å². The van der Waals surface area contributed by atoms with E-state index < -0.39 is 54.7 Å². The first-order valence-corrected chi connectivity index (χ1v) is 15.4. The van der Waals surface area contributed by atoms with E-state index in [1.54, 1.807) is 6.07 Å². The summed E-state index contributed by atoms with van der Waals surface area (Å²) in [7, 11) is 0. The summed E-state index contributed by atoms with van der Waals surface area (Å²) in [6.45, 7) is -2.91. The molecule has 2 amide bonds. The summed E-state index contributed by atoms with van der Waals surface area (Å²) in [6.07, 6.45) is 1.96. The van der Waals surface area contributed by atoms with Crippen LogP contribution in [0.25, 0.3) is 11.1 Å². The van der Waals surface area contributed by atoms with E-state index in [4.69, 9.17) is 0 Å². The smallest absolute Gasteiger partial charge is 0.326 e. The summed E-state index contributed by atoms with van der Waals surface area (Å²) in [5.41, 5.74) is 0.179. The van der Waals surface area contributed by atoms with Crippen LogP contribution >= 0.6 is 0 Å². The molecule has 1 aliphatic heterocycles. The van der Waals surface area contributed by atoms with Gasteiger partial charge in [-0.3, -0.25) is 14.4 Å². The monoisotopic (exact) mass is 654 g/mol. The van der Waals surface area contributed by atoms with Crippen molar-refractivity contribution < 1.29 is 31.5 Å². The molecule has 246 valence electrons. The van der Waals surface area contributed by atoms with Gasteiger partial charge in [0.1, 0.15) is 17.9 Å². The van der Waals surface area contributed by atoms with Gasteiger partial charge in [-0.15, -0.1) is 0 Å².